The predicted molar refractivity (Wildman–Crippen MR) is 87.2 cm³/mol. The van der Waals surface area contributed by atoms with E-state index in [4.69, 9.17) is 5.73 Å². The van der Waals surface area contributed by atoms with Gasteiger partial charge in [-0.2, -0.15) is 0 Å². The number of nitrogens with two attached hydrogens (primary N) is 1. The van der Waals surface area contributed by atoms with Gasteiger partial charge in [-0.05, 0) is 18.9 Å². The molecule has 3 N–H and O–H groups in total. The van der Waals surface area contributed by atoms with Crippen molar-refractivity contribution in [2.24, 2.45) is 5.73 Å². The van der Waals surface area contributed by atoms with Crippen molar-refractivity contribution in [2.75, 3.05) is 25.0 Å². The molecule has 1 unspecified atom stereocenters. The number of anilines is 1. The number of likely N-dealkylation sites (tertiary alicyclic amines) is 1. The molecule has 7 nitrogen and oxygen atoms in total. The average Bonchev–Trinajstić information content (AvgIpc) is 2.47. The molecule has 1 amide bonds. The van der Waals surface area contributed by atoms with Crippen molar-refractivity contribution in [3.63, 3.8) is 0 Å². The van der Waals surface area contributed by atoms with Crippen LogP contribution in [0, 0.1) is 10.1 Å². The predicted octanol–water partition coefficient (Wildman–Crippen LogP) is 1.77. The summed E-state index contributed by atoms with van der Waals surface area (Å²) >= 11 is 0. The Kier molecular flexibility index (Phi) is 7.07. The number of carbonyl (C=O) groups excluding carboxylic acids is 1. The van der Waals surface area contributed by atoms with Crippen molar-refractivity contribution in [1.29, 1.82) is 0 Å². The van der Waals surface area contributed by atoms with Gasteiger partial charge in [0.2, 0.25) is 5.91 Å². The number of hydrogen-bond acceptors (Lipinski definition) is 5. The van der Waals surface area contributed by atoms with Crippen LogP contribution in [0.5, 0.6) is 0 Å². The lowest BCUT2D eigenvalue weighted by atomic mass is 10.1. The Bertz CT molecular complexity index is 527. The van der Waals surface area contributed by atoms with E-state index in [1.807, 2.05) is 0 Å². The van der Waals surface area contributed by atoms with E-state index in [0.29, 0.717) is 25.2 Å². The molecule has 0 aromatic heterocycles. The molecule has 1 aliphatic heterocycles. The number of piperidine rings is 1. The summed E-state index contributed by atoms with van der Waals surface area (Å²) in [6.45, 7) is 1.72. The fraction of sp³-hybridized carbons (Fsp3) is 0.500. The molecule has 1 saturated heterocycles. The lowest BCUT2D eigenvalue weighted by Gasteiger charge is -2.30. The third-order valence-electron chi connectivity index (χ3n) is 3.57. The molecular weight excluding hydrogens is 308 g/mol. The van der Waals surface area contributed by atoms with E-state index in [1.165, 1.54) is 6.07 Å². The first-order valence-electron chi connectivity index (χ1n) is 7.08. The van der Waals surface area contributed by atoms with Gasteiger partial charge in [-0.15, -0.1) is 12.4 Å². The van der Waals surface area contributed by atoms with Crippen molar-refractivity contribution < 1.29 is 9.72 Å². The summed E-state index contributed by atoms with van der Waals surface area (Å²) in [4.78, 5) is 24.3. The van der Waals surface area contributed by atoms with Gasteiger partial charge in [-0.1, -0.05) is 12.1 Å². The molecule has 0 aliphatic carbocycles. The number of nitrogens with zero attached hydrogens (tertiary/aromatic N) is 2. The van der Waals surface area contributed by atoms with Crippen LogP contribution >= 0.6 is 12.4 Å². The second-order valence-electron chi connectivity index (χ2n) is 5.19. The molecule has 1 aromatic rings. The second-order valence-corrected chi connectivity index (χ2v) is 5.19. The van der Waals surface area contributed by atoms with E-state index in [0.717, 1.165) is 19.4 Å². The Hall–Kier alpha value is -1.86. The van der Waals surface area contributed by atoms with E-state index in [1.54, 1.807) is 23.1 Å². The van der Waals surface area contributed by atoms with Crippen LogP contribution < -0.4 is 11.1 Å². The molecule has 0 spiro atoms. The van der Waals surface area contributed by atoms with Crippen molar-refractivity contribution in [2.45, 2.75) is 25.3 Å². The molecule has 1 atom stereocenters. The molecule has 1 heterocycles. The Labute approximate surface area is 135 Å². The number of para-hydroxylation sites is 2. The fourth-order valence-electron chi connectivity index (χ4n) is 2.48. The van der Waals surface area contributed by atoms with Gasteiger partial charge in [0.05, 0.1) is 4.92 Å². The minimum Gasteiger partial charge on any atom is -0.379 e. The summed E-state index contributed by atoms with van der Waals surface area (Å²) in [5.41, 5.74) is 6.31. The number of halogens is 1. The van der Waals surface area contributed by atoms with Gasteiger partial charge in [0, 0.05) is 38.2 Å². The van der Waals surface area contributed by atoms with Gasteiger partial charge < -0.3 is 16.0 Å². The second kappa shape index (κ2) is 8.55. The minimum absolute atomic E-state index is 0. The van der Waals surface area contributed by atoms with Crippen LogP contribution in [0.1, 0.15) is 19.3 Å². The molecule has 0 radical (unpaired) electrons. The minimum atomic E-state index is -0.437. The third kappa shape index (κ3) is 4.85. The van der Waals surface area contributed by atoms with Crippen LogP contribution in [0.4, 0.5) is 11.4 Å². The van der Waals surface area contributed by atoms with Crippen LogP contribution in [0.2, 0.25) is 0 Å². The number of nitrogens with one attached hydrogen (secondary N) is 1. The highest BCUT2D eigenvalue weighted by Crippen LogP contribution is 2.23. The lowest BCUT2D eigenvalue weighted by molar-refractivity contribution is -0.384. The molecular formula is C14H21ClN4O3. The normalized spacial score (nSPS) is 17.5. The number of hydrogen-bond donors (Lipinski definition) is 2. The van der Waals surface area contributed by atoms with Gasteiger partial charge in [-0.25, -0.2) is 0 Å². The van der Waals surface area contributed by atoms with E-state index in [2.05, 4.69) is 5.32 Å². The van der Waals surface area contributed by atoms with E-state index in [9.17, 15) is 14.9 Å². The van der Waals surface area contributed by atoms with Gasteiger partial charge >= 0.3 is 0 Å². The highest BCUT2D eigenvalue weighted by Gasteiger charge is 2.21. The summed E-state index contributed by atoms with van der Waals surface area (Å²) in [7, 11) is 0. The molecule has 1 fully saturated rings. The van der Waals surface area contributed by atoms with Gasteiger partial charge in [0.15, 0.2) is 0 Å². The smallest absolute Gasteiger partial charge is 0.292 e. The molecule has 2 rings (SSSR count). The van der Waals surface area contributed by atoms with E-state index >= 15 is 0 Å². The van der Waals surface area contributed by atoms with Crippen molar-refractivity contribution >= 4 is 29.7 Å². The quantitative estimate of drug-likeness (QED) is 0.633. The van der Waals surface area contributed by atoms with Gasteiger partial charge in [0.25, 0.3) is 5.69 Å². The van der Waals surface area contributed by atoms with Crippen LogP contribution in [0.15, 0.2) is 24.3 Å². The highest BCUT2D eigenvalue weighted by atomic mass is 35.5. The Morgan fingerprint density at radius 3 is 2.86 bits per heavy atom. The summed E-state index contributed by atoms with van der Waals surface area (Å²) in [6, 6.07) is 6.48. The molecule has 0 bridgehead atoms. The zero-order valence-corrected chi connectivity index (χ0v) is 13.1. The maximum absolute atomic E-state index is 12.0. The van der Waals surface area contributed by atoms with Gasteiger partial charge in [0.1, 0.15) is 5.69 Å². The van der Waals surface area contributed by atoms with Crippen LogP contribution in [0.25, 0.3) is 0 Å². The number of carbonyl (C=O) groups is 1. The third-order valence-corrected chi connectivity index (χ3v) is 3.57. The fourth-order valence-corrected chi connectivity index (χ4v) is 2.48. The summed E-state index contributed by atoms with van der Waals surface area (Å²) in [6.07, 6.45) is 2.20. The molecule has 1 aromatic carbocycles. The molecule has 1 aliphatic rings. The molecule has 22 heavy (non-hydrogen) atoms. The van der Waals surface area contributed by atoms with Crippen molar-refractivity contribution in [1.82, 2.24) is 4.90 Å². The summed E-state index contributed by atoms with van der Waals surface area (Å²) < 4.78 is 0. The van der Waals surface area contributed by atoms with Crippen molar-refractivity contribution in [3.05, 3.63) is 34.4 Å². The first-order chi connectivity index (χ1) is 10.1. The monoisotopic (exact) mass is 328 g/mol. The SMILES string of the molecule is Cl.NC1CCCN(C(=O)CCNc2ccccc2[N+](=O)[O-])C1. The largest absolute Gasteiger partial charge is 0.379 e. The Balaban J connectivity index is 0.00000242. The number of nitro groups is 1. The average molecular weight is 329 g/mol. The first-order valence-corrected chi connectivity index (χ1v) is 7.08. The lowest BCUT2D eigenvalue weighted by Crippen LogP contribution is -2.46. The van der Waals surface area contributed by atoms with Crippen LogP contribution in [-0.2, 0) is 4.79 Å². The van der Waals surface area contributed by atoms with Crippen LogP contribution in [-0.4, -0.2) is 41.4 Å². The Morgan fingerprint density at radius 2 is 2.18 bits per heavy atom. The summed E-state index contributed by atoms with van der Waals surface area (Å²) in [5, 5.41) is 13.8. The van der Waals surface area contributed by atoms with E-state index in [-0.39, 0.29) is 30.0 Å². The maximum atomic E-state index is 12.0. The van der Waals surface area contributed by atoms with Crippen molar-refractivity contribution in [3.8, 4) is 0 Å². The van der Waals surface area contributed by atoms with E-state index < -0.39 is 4.92 Å². The summed E-state index contributed by atoms with van der Waals surface area (Å²) in [5.74, 6) is 0.0382. The standard InChI is InChI=1S/C14H20N4O3.ClH/c15-11-4-3-9-17(10-11)14(19)7-8-16-12-5-1-2-6-13(12)18(20)21;/h1-2,5-6,11,16H,3-4,7-10,15H2;1H. The Morgan fingerprint density at radius 1 is 1.45 bits per heavy atom. The maximum Gasteiger partial charge on any atom is 0.292 e. The highest BCUT2D eigenvalue weighted by molar-refractivity contribution is 5.85. The zero-order valence-electron chi connectivity index (χ0n) is 12.2. The van der Waals surface area contributed by atoms with Crippen LogP contribution in [0.3, 0.4) is 0 Å². The number of amides is 1. The molecule has 122 valence electrons. The zero-order chi connectivity index (χ0) is 15.2. The van der Waals surface area contributed by atoms with Gasteiger partial charge in [-0.3, -0.25) is 14.9 Å². The number of rotatable bonds is 5. The topological polar surface area (TPSA) is 102 Å². The first kappa shape index (κ1) is 18.2. The molecule has 8 heteroatoms. The molecule has 0 saturated carbocycles. The number of benzene rings is 1. The number of nitro benzene ring substituents is 1.